The minimum atomic E-state index is 0.159. The molecular weight excluding hydrogens is 298 g/mol. The summed E-state index contributed by atoms with van der Waals surface area (Å²) in [6.07, 6.45) is 0. The lowest BCUT2D eigenvalue weighted by Gasteiger charge is -2.17. The summed E-state index contributed by atoms with van der Waals surface area (Å²) in [5, 5.41) is 0. The second-order valence-corrected chi connectivity index (χ2v) is 6.08. The summed E-state index contributed by atoms with van der Waals surface area (Å²) in [5.41, 5.74) is 4.15. The highest BCUT2D eigenvalue weighted by Gasteiger charge is 2.12. The number of nitrogens with zero attached hydrogens (tertiary/aromatic N) is 1. The van der Waals surface area contributed by atoms with Crippen molar-refractivity contribution in [3.63, 3.8) is 0 Å². The van der Waals surface area contributed by atoms with Crippen molar-refractivity contribution in [1.82, 2.24) is 4.90 Å². The molecule has 0 heterocycles. The summed E-state index contributed by atoms with van der Waals surface area (Å²) in [4.78, 5) is 14.5. The van der Waals surface area contributed by atoms with Gasteiger partial charge in [0.1, 0.15) is 12.4 Å². The van der Waals surface area contributed by atoms with Gasteiger partial charge in [-0.15, -0.1) is 0 Å². The largest absolute Gasteiger partial charge is 0.489 e. The molecule has 0 N–H and O–H groups in total. The van der Waals surface area contributed by atoms with E-state index in [1.54, 1.807) is 0 Å². The van der Waals surface area contributed by atoms with Crippen LogP contribution in [0.3, 0.4) is 0 Å². The molecule has 0 bridgehead atoms. The van der Waals surface area contributed by atoms with Gasteiger partial charge in [0.2, 0.25) is 0 Å². The number of benzene rings is 2. The molecule has 24 heavy (non-hydrogen) atoms. The number of hydrogen-bond acceptors (Lipinski definition) is 3. The van der Waals surface area contributed by atoms with Crippen LogP contribution in [0.25, 0.3) is 0 Å². The van der Waals surface area contributed by atoms with E-state index in [0.29, 0.717) is 13.2 Å². The number of ketones is 1. The fraction of sp³-hybridized carbons (Fsp3) is 0.381. The molecule has 3 heteroatoms. The fourth-order valence-corrected chi connectivity index (χ4v) is 2.65. The summed E-state index contributed by atoms with van der Waals surface area (Å²) >= 11 is 0. The van der Waals surface area contributed by atoms with Crippen molar-refractivity contribution in [3.05, 3.63) is 64.7 Å². The lowest BCUT2D eigenvalue weighted by molar-refractivity contribution is 0.0937. The Balaban J connectivity index is 2.04. The summed E-state index contributed by atoms with van der Waals surface area (Å²) in [5.74, 6) is 0.991. The minimum absolute atomic E-state index is 0.159. The van der Waals surface area contributed by atoms with Gasteiger partial charge in [-0.25, -0.2) is 0 Å². The molecular formula is C21H27NO2. The van der Waals surface area contributed by atoms with Crippen LogP contribution in [0.2, 0.25) is 0 Å². The van der Waals surface area contributed by atoms with Gasteiger partial charge >= 0.3 is 0 Å². The molecule has 0 radical (unpaired) electrons. The zero-order chi connectivity index (χ0) is 17.5. The SMILES string of the molecule is CCN(CC)CC(=O)c1ccc(OCc2ccccc2C)c(C)c1. The Morgan fingerprint density at radius 3 is 2.33 bits per heavy atom. The predicted molar refractivity (Wildman–Crippen MR) is 98.8 cm³/mol. The van der Waals surface area contributed by atoms with E-state index < -0.39 is 0 Å². The van der Waals surface area contributed by atoms with Gasteiger partial charge in [0, 0.05) is 5.56 Å². The van der Waals surface area contributed by atoms with Crippen LogP contribution in [-0.4, -0.2) is 30.3 Å². The van der Waals surface area contributed by atoms with Crippen LogP contribution < -0.4 is 4.74 Å². The van der Waals surface area contributed by atoms with Crippen LogP contribution in [0.1, 0.15) is 40.9 Å². The molecule has 128 valence electrons. The van der Waals surface area contributed by atoms with Crippen molar-refractivity contribution in [2.45, 2.75) is 34.3 Å². The van der Waals surface area contributed by atoms with Gasteiger partial charge in [-0.05, 0) is 61.8 Å². The van der Waals surface area contributed by atoms with E-state index in [2.05, 4.69) is 37.8 Å². The molecule has 2 aromatic carbocycles. The normalized spacial score (nSPS) is 10.9. The molecule has 0 aromatic heterocycles. The van der Waals surface area contributed by atoms with Crippen molar-refractivity contribution < 1.29 is 9.53 Å². The third-order valence-corrected chi connectivity index (χ3v) is 4.40. The molecule has 0 saturated heterocycles. The molecule has 0 atom stereocenters. The Hall–Kier alpha value is -2.13. The van der Waals surface area contributed by atoms with E-state index in [1.807, 2.05) is 37.3 Å². The molecule has 0 aliphatic rings. The first-order chi connectivity index (χ1) is 11.5. The number of carbonyl (C=O) groups excluding carboxylic acids is 1. The van der Waals surface area contributed by atoms with Crippen LogP contribution in [0.15, 0.2) is 42.5 Å². The molecule has 2 rings (SSSR count). The summed E-state index contributed by atoms with van der Waals surface area (Å²) in [6.45, 7) is 11.0. The molecule has 0 saturated carbocycles. The standard InChI is InChI=1S/C21H27NO2/c1-5-22(6-2)14-20(23)18-11-12-21(17(4)13-18)24-15-19-10-8-7-9-16(19)3/h7-13H,5-6,14-15H2,1-4H3. The van der Waals surface area contributed by atoms with E-state index in [9.17, 15) is 4.79 Å². The van der Waals surface area contributed by atoms with Crippen molar-refractivity contribution in [2.24, 2.45) is 0 Å². The Kier molecular flexibility index (Phi) is 6.56. The van der Waals surface area contributed by atoms with E-state index in [0.717, 1.165) is 30.0 Å². The van der Waals surface area contributed by atoms with Crippen LogP contribution in [0.4, 0.5) is 0 Å². The van der Waals surface area contributed by atoms with Crippen LogP contribution >= 0.6 is 0 Å². The average Bonchev–Trinajstić information content (AvgIpc) is 2.59. The van der Waals surface area contributed by atoms with Crippen molar-refractivity contribution in [2.75, 3.05) is 19.6 Å². The number of rotatable bonds is 8. The number of Topliss-reactive ketones (excluding diaryl/α,β-unsaturated/α-hetero) is 1. The van der Waals surface area contributed by atoms with E-state index >= 15 is 0 Å². The smallest absolute Gasteiger partial charge is 0.176 e. The number of ether oxygens (including phenoxy) is 1. The van der Waals surface area contributed by atoms with Crippen LogP contribution in [-0.2, 0) is 6.61 Å². The topological polar surface area (TPSA) is 29.5 Å². The lowest BCUT2D eigenvalue weighted by Crippen LogP contribution is -2.29. The monoisotopic (exact) mass is 325 g/mol. The maximum absolute atomic E-state index is 12.4. The third kappa shape index (κ3) is 4.68. The Morgan fingerprint density at radius 1 is 1.00 bits per heavy atom. The second-order valence-electron chi connectivity index (χ2n) is 6.08. The van der Waals surface area contributed by atoms with Crippen LogP contribution in [0, 0.1) is 13.8 Å². The number of hydrogen-bond donors (Lipinski definition) is 0. The van der Waals surface area contributed by atoms with E-state index in [-0.39, 0.29) is 5.78 Å². The lowest BCUT2D eigenvalue weighted by atomic mass is 10.1. The minimum Gasteiger partial charge on any atom is -0.489 e. The van der Waals surface area contributed by atoms with Crippen molar-refractivity contribution in [3.8, 4) is 5.75 Å². The predicted octanol–water partition coefficient (Wildman–Crippen LogP) is 4.41. The Bertz CT molecular complexity index is 690. The zero-order valence-electron chi connectivity index (χ0n) is 15.1. The molecule has 0 amide bonds. The first kappa shape index (κ1) is 18.2. The van der Waals surface area contributed by atoms with Crippen LogP contribution in [0.5, 0.6) is 5.75 Å². The molecule has 3 nitrogen and oxygen atoms in total. The van der Waals surface area contributed by atoms with Gasteiger partial charge in [0.15, 0.2) is 5.78 Å². The second kappa shape index (κ2) is 8.65. The first-order valence-corrected chi connectivity index (χ1v) is 8.58. The summed E-state index contributed by atoms with van der Waals surface area (Å²) in [6, 6.07) is 13.9. The maximum Gasteiger partial charge on any atom is 0.176 e. The molecule has 0 unspecified atom stereocenters. The van der Waals surface area contributed by atoms with Gasteiger partial charge in [-0.1, -0.05) is 38.1 Å². The van der Waals surface area contributed by atoms with Crippen molar-refractivity contribution >= 4 is 5.78 Å². The van der Waals surface area contributed by atoms with Gasteiger partial charge in [0.05, 0.1) is 6.54 Å². The van der Waals surface area contributed by atoms with Crippen molar-refractivity contribution in [1.29, 1.82) is 0 Å². The number of aryl methyl sites for hydroxylation is 2. The summed E-state index contributed by atoms with van der Waals surface area (Å²) < 4.78 is 5.94. The molecule has 0 aliphatic carbocycles. The maximum atomic E-state index is 12.4. The Labute approximate surface area is 145 Å². The Morgan fingerprint density at radius 2 is 1.71 bits per heavy atom. The zero-order valence-corrected chi connectivity index (χ0v) is 15.1. The highest BCUT2D eigenvalue weighted by atomic mass is 16.5. The van der Waals surface area contributed by atoms with Gasteiger partial charge in [-0.2, -0.15) is 0 Å². The summed E-state index contributed by atoms with van der Waals surface area (Å²) in [7, 11) is 0. The number of carbonyl (C=O) groups is 1. The molecule has 2 aromatic rings. The molecule has 0 fully saturated rings. The number of likely N-dealkylation sites (N-methyl/N-ethyl adjacent to an activating group) is 1. The highest BCUT2D eigenvalue weighted by Crippen LogP contribution is 2.21. The fourth-order valence-electron chi connectivity index (χ4n) is 2.65. The van der Waals surface area contributed by atoms with E-state index in [1.165, 1.54) is 11.1 Å². The quantitative estimate of drug-likeness (QED) is 0.673. The molecule has 0 spiro atoms. The van der Waals surface area contributed by atoms with E-state index in [4.69, 9.17) is 4.74 Å². The van der Waals surface area contributed by atoms with Gasteiger partial charge in [-0.3, -0.25) is 9.69 Å². The molecule has 0 aliphatic heterocycles. The average molecular weight is 325 g/mol. The van der Waals surface area contributed by atoms with Gasteiger partial charge in [0.25, 0.3) is 0 Å². The third-order valence-electron chi connectivity index (χ3n) is 4.40. The van der Waals surface area contributed by atoms with Gasteiger partial charge < -0.3 is 4.74 Å². The highest BCUT2D eigenvalue weighted by molar-refractivity contribution is 5.97. The first-order valence-electron chi connectivity index (χ1n) is 8.58.